The topological polar surface area (TPSA) is 139 Å². The lowest BCUT2D eigenvalue weighted by Gasteiger charge is -2.25. The molecule has 0 saturated carbocycles. The predicted molar refractivity (Wildman–Crippen MR) is 127 cm³/mol. The fraction of sp³-hybridized carbons (Fsp3) is 0.429. The van der Waals surface area contributed by atoms with E-state index in [1.54, 1.807) is 5.38 Å². The maximum atomic E-state index is 15.1. The zero-order valence-corrected chi connectivity index (χ0v) is 20.1. The molecule has 3 heterocycles. The summed E-state index contributed by atoms with van der Waals surface area (Å²) in [6, 6.07) is 1.63. The molecule has 0 unspecified atom stereocenters. The smallest absolute Gasteiger partial charge is 0.414 e. The van der Waals surface area contributed by atoms with E-state index in [0.29, 0.717) is 10.8 Å². The first kappa shape index (κ1) is 25.5. The van der Waals surface area contributed by atoms with Crippen LogP contribution in [0.15, 0.2) is 17.5 Å². The van der Waals surface area contributed by atoms with Crippen LogP contribution in [0.1, 0.15) is 12.6 Å². The molecule has 12 nitrogen and oxygen atoms in total. The summed E-state index contributed by atoms with van der Waals surface area (Å²) >= 11 is 1.17. The normalized spacial score (nSPS) is 18.2. The number of hydrogen-bond acceptors (Lipinski definition) is 9. The quantitative estimate of drug-likeness (QED) is 0.442. The van der Waals surface area contributed by atoms with Crippen LogP contribution in [-0.4, -0.2) is 78.5 Å². The summed E-state index contributed by atoms with van der Waals surface area (Å²) in [7, 11) is 0. The second-order valence-corrected chi connectivity index (χ2v) is 8.95. The van der Waals surface area contributed by atoms with Crippen LogP contribution in [-0.2, 0) is 16.1 Å². The van der Waals surface area contributed by atoms with Gasteiger partial charge in [-0.25, -0.2) is 28.8 Å². The number of anilines is 3. The van der Waals surface area contributed by atoms with E-state index in [0.717, 1.165) is 17.0 Å². The number of nitrogens with one attached hydrogen (secondary N) is 3. The number of cyclic esters (lactones) is 1. The largest absolute Gasteiger partial charge is 0.442 e. The fourth-order valence-electron chi connectivity index (χ4n) is 3.83. The molecule has 2 aliphatic rings. The lowest BCUT2D eigenvalue weighted by atomic mass is 10.2. The third kappa shape index (κ3) is 5.80. The van der Waals surface area contributed by atoms with Crippen molar-refractivity contribution in [2.45, 2.75) is 19.6 Å². The second kappa shape index (κ2) is 11.0. The van der Waals surface area contributed by atoms with Gasteiger partial charge >= 0.3 is 12.1 Å². The molecule has 4 rings (SSSR count). The second-order valence-electron chi connectivity index (χ2n) is 8.09. The molecule has 4 amide bonds. The minimum Gasteiger partial charge on any atom is -0.442 e. The lowest BCUT2D eigenvalue weighted by molar-refractivity contribution is -0.119. The number of aliphatic hydroxyl groups excluding tert-OH is 1. The van der Waals surface area contributed by atoms with Crippen molar-refractivity contribution in [1.82, 2.24) is 20.7 Å². The van der Waals surface area contributed by atoms with Crippen LogP contribution in [0.3, 0.4) is 0 Å². The first-order chi connectivity index (χ1) is 17.2. The zero-order valence-electron chi connectivity index (χ0n) is 19.3. The van der Waals surface area contributed by atoms with Gasteiger partial charge in [0.25, 0.3) is 0 Å². The Morgan fingerprint density at radius 1 is 1.28 bits per heavy atom. The molecule has 0 spiro atoms. The van der Waals surface area contributed by atoms with Crippen LogP contribution >= 0.6 is 11.3 Å². The van der Waals surface area contributed by atoms with Gasteiger partial charge in [-0.15, -0.1) is 11.3 Å². The Hall–Kier alpha value is -3.56. The first-order valence-corrected chi connectivity index (χ1v) is 12.0. The summed E-state index contributed by atoms with van der Waals surface area (Å²) in [5.41, 5.74) is 3.08. The fourth-order valence-corrected chi connectivity index (χ4v) is 4.52. The molecule has 2 saturated heterocycles. The van der Waals surface area contributed by atoms with E-state index < -0.39 is 29.9 Å². The summed E-state index contributed by atoms with van der Waals surface area (Å²) in [5, 5.41) is 17.5. The molecule has 1 aromatic carbocycles. The van der Waals surface area contributed by atoms with Crippen LogP contribution in [0.25, 0.3) is 0 Å². The van der Waals surface area contributed by atoms with Crippen LogP contribution < -0.4 is 25.9 Å². The minimum absolute atomic E-state index is 0.00345. The summed E-state index contributed by atoms with van der Waals surface area (Å²) in [5.74, 6) is -2.01. The number of urea groups is 1. The molecule has 194 valence electrons. The number of aromatic nitrogens is 1. The standard InChI is InChI=1S/C21H25F2N7O5S/c1-12(32)24-8-15-9-29(21(34)35-15)14-6-16(22)18(17(23)7-14)28-3-2-25-30(5-4-28)20(33)27-19-26-13(10-31)11-36-19/h6-7,11,15,25,31H,2-5,8-10H2,1H3,(H,24,32)(H,26,27,33)/t15-/m0/s1. The molecule has 2 fully saturated rings. The van der Waals surface area contributed by atoms with E-state index in [1.165, 1.54) is 28.2 Å². The molecule has 15 heteroatoms. The third-order valence-corrected chi connectivity index (χ3v) is 6.34. The molecule has 2 aromatic rings. The number of hydrogen-bond donors (Lipinski definition) is 4. The van der Waals surface area contributed by atoms with Crippen molar-refractivity contribution in [3.63, 3.8) is 0 Å². The van der Waals surface area contributed by atoms with E-state index in [1.807, 2.05) is 0 Å². The van der Waals surface area contributed by atoms with Gasteiger partial charge in [-0.3, -0.25) is 20.0 Å². The Morgan fingerprint density at radius 2 is 2.03 bits per heavy atom. The number of thiazole rings is 1. The number of rotatable bonds is 6. The van der Waals surface area contributed by atoms with Crippen LogP contribution in [0, 0.1) is 11.6 Å². The van der Waals surface area contributed by atoms with E-state index in [2.05, 4.69) is 21.0 Å². The molecule has 0 radical (unpaired) electrons. The number of hydrazine groups is 1. The van der Waals surface area contributed by atoms with Gasteiger partial charge < -0.3 is 20.1 Å². The highest BCUT2D eigenvalue weighted by Crippen LogP contribution is 2.31. The minimum atomic E-state index is -0.861. The number of benzene rings is 1. The van der Waals surface area contributed by atoms with Crippen LogP contribution in [0.2, 0.25) is 0 Å². The van der Waals surface area contributed by atoms with Gasteiger partial charge in [0.1, 0.15) is 11.8 Å². The number of ether oxygens (including phenoxy) is 1. The maximum Gasteiger partial charge on any atom is 0.414 e. The molecule has 0 aliphatic carbocycles. The molecule has 4 N–H and O–H groups in total. The van der Waals surface area contributed by atoms with Gasteiger partial charge in [0.2, 0.25) is 5.91 Å². The van der Waals surface area contributed by atoms with E-state index in [4.69, 9.17) is 9.84 Å². The van der Waals surface area contributed by atoms with E-state index >= 15 is 8.78 Å². The zero-order chi connectivity index (χ0) is 25.8. The lowest BCUT2D eigenvalue weighted by Crippen LogP contribution is -2.46. The number of halogens is 2. The van der Waals surface area contributed by atoms with Crippen molar-refractivity contribution in [1.29, 1.82) is 0 Å². The van der Waals surface area contributed by atoms with Gasteiger partial charge in [-0.1, -0.05) is 0 Å². The molecule has 36 heavy (non-hydrogen) atoms. The molecule has 1 aromatic heterocycles. The monoisotopic (exact) mass is 525 g/mol. The number of amides is 4. The predicted octanol–water partition coefficient (Wildman–Crippen LogP) is 1.23. The highest BCUT2D eigenvalue weighted by molar-refractivity contribution is 7.13. The Morgan fingerprint density at radius 3 is 2.69 bits per heavy atom. The van der Waals surface area contributed by atoms with E-state index in [-0.39, 0.29) is 63.2 Å². The maximum absolute atomic E-state index is 15.1. The van der Waals surface area contributed by atoms with Crippen LogP contribution in [0.5, 0.6) is 0 Å². The van der Waals surface area contributed by atoms with Gasteiger partial charge in [0.15, 0.2) is 16.8 Å². The molecule has 2 aliphatic heterocycles. The van der Waals surface area contributed by atoms with Crippen molar-refractivity contribution in [2.75, 3.05) is 54.4 Å². The SMILES string of the molecule is CC(=O)NC[C@H]1CN(c2cc(F)c(N3CCNN(C(=O)Nc4nc(CO)cs4)CC3)c(F)c2)C(=O)O1. The van der Waals surface area contributed by atoms with Crippen molar-refractivity contribution < 1.29 is 33.0 Å². The van der Waals surface area contributed by atoms with Gasteiger partial charge in [-0.05, 0) is 0 Å². The van der Waals surface area contributed by atoms with Gasteiger partial charge in [0.05, 0.1) is 37.6 Å². The van der Waals surface area contributed by atoms with Gasteiger partial charge in [-0.2, -0.15) is 0 Å². The Balaban J connectivity index is 1.40. The number of aliphatic hydroxyl groups is 1. The molecule has 0 bridgehead atoms. The highest BCUT2D eigenvalue weighted by atomic mass is 32.1. The van der Waals surface area contributed by atoms with Crippen molar-refractivity contribution in [3.8, 4) is 0 Å². The Bertz CT molecular complexity index is 1130. The van der Waals surface area contributed by atoms with Crippen molar-refractivity contribution in [3.05, 3.63) is 34.8 Å². The van der Waals surface area contributed by atoms with Crippen molar-refractivity contribution >= 4 is 45.9 Å². The molecular weight excluding hydrogens is 500 g/mol. The Labute approximate surface area is 208 Å². The number of nitrogens with zero attached hydrogens (tertiary/aromatic N) is 4. The third-order valence-electron chi connectivity index (χ3n) is 5.53. The molecule has 1 atom stereocenters. The highest BCUT2D eigenvalue weighted by Gasteiger charge is 2.34. The summed E-state index contributed by atoms with van der Waals surface area (Å²) < 4.78 is 35.3. The average molecular weight is 526 g/mol. The number of carbonyl (C=O) groups is 3. The summed E-state index contributed by atoms with van der Waals surface area (Å²) in [6.45, 7) is 1.92. The summed E-state index contributed by atoms with van der Waals surface area (Å²) in [4.78, 5) is 42.5. The molecular formula is C21H25F2N7O5S. The summed E-state index contributed by atoms with van der Waals surface area (Å²) in [6.07, 6.45) is -1.40. The van der Waals surface area contributed by atoms with Gasteiger partial charge in [0, 0.05) is 44.1 Å². The Kier molecular flexibility index (Phi) is 7.81. The van der Waals surface area contributed by atoms with E-state index in [9.17, 15) is 14.4 Å². The van der Waals surface area contributed by atoms with Crippen LogP contribution in [0.4, 0.5) is 34.9 Å². The number of carbonyl (C=O) groups excluding carboxylic acids is 3. The average Bonchev–Trinajstić information content (AvgIpc) is 3.36. The van der Waals surface area contributed by atoms with Crippen molar-refractivity contribution in [2.24, 2.45) is 0 Å². The first-order valence-electron chi connectivity index (χ1n) is 11.1.